The minimum atomic E-state index is -3.61. The molecule has 0 aromatic heterocycles. The van der Waals surface area contributed by atoms with Crippen LogP contribution in [0.15, 0.2) is 22.7 Å². The molecule has 1 aromatic rings. The highest BCUT2D eigenvalue weighted by Crippen LogP contribution is 2.29. The summed E-state index contributed by atoms with van der Waals surface area (Å²) in [4.78, 5) is 0. The van der Waals surface area contributed by atoms with Crippen molar-refractivity contribution in [3.63, 3.8) is 0 Å². The predicted molar refractivity (Wildman–Crippen MR) is 83.4 cm³/mol. The average Bonchev–Trinajstić information content (AvgIpc) is 2.32. The van der Waals surface area contributed by atoms with E-state index in [1.165, 1.54) is 0 Å². The second-order valence-electron chi connectivity index (χ2n) is 4.62. The lowest BCUT2D eigenvalue weighted by Crippen LogP contribution is -2.36. The van der Waals surface area contributed by atoms with Gasteiger partial charge >= 0.3 is 0 Å². The van der Waals surface area contributed by atoms with Crippen LogP contribution < -0.4 is 4.72 Å². The van der Waals surface area contributed by atoms with Gasteiger partial charge in [0.1, 0.15) is 9.84 Å². The Hall–Kier alpha value is -0.310. The van der Waals surface area contributed by atoms with E-state index in [4.69, 9.17) is 11.6 Å². The lowest BCUT2D eigenvalue weighted by atomic mass is 10.2. The van der Waals surface area contributed by atoms with Crippen LogP contribution in [0.2, 0.25) is 5.02 Å². The van der Waals surface area contributed by atoms with Gasteiger partial charge in [-0.3, -0.25) is 4.72 Å². The second-order valence-corrected chi connectivity index (χ2v) is 10.2. The van der Waals surface area contributed by atoms with Crippen molar-refractivity contribution in [1.82, 2.24) is 0 Å². The molecule has 2 rings (SSSR count). The van der Waals surface area contributed by atoms with Crippen molar-refractivity contribution in [1.29, 1.82) is 0 Å². The predicted octanol–water partition coefficient (Wildman–Crippen LogP) is 2.42. The van der Waals surface area contributed by atoms with Gasteiger partial charge in [-0.2, -0.15) is 0 Å². The van der Waals surface area contributed by atoms with E-state index >= 15 is 0 Å². The summed E-state index contributed by atoms with van der Waals surface area (Å²) < 4.78 is 50.2. The summed E-state index contributed by atoms with van der Waals surface area (Å²) in [5.74, 6) is -0.166. The smallest absolute Gasteiger partial charge is 0.235 e. The first kappa shape index (κ1) is 16.1. The fourth-order valence-corrected chi connectivity index (χ4v) is 6.20. The fraction of sp³-hybridized carbons (Fsp3) is 0.455. The Kier molecular flexibility index (Phi) is 4.68. The first-order valence-electron chi connectivity index (χ1n) is 5.87. The van der Waals surface area contributed by atoms with E-state index in [0.717, 1.165) is 0 Å². The van der Waals surface area contributed by atoms with Crippen molar-refractivity contribution in [3.8, 4) is 0 Å². The first-order valence-corrected chi connectivity index (χ1v) is 10.4. The fourth-order valence-electron chi connectivity index (χ4n) is 1.99. The molecule has 1 N–H and O–H groups in total. The molecular weight excluding hydrogens is 390 g/mol. The Morgan fingerprint density at radius 3 is 2.40 bits per heavy atom. The molecule has 112 valence electrons. The summed E-state index contributed by atoms with van der Waals surface area (Å²) in [6.45, 7) is 0. The molecule has 1 aliphatic heterocycles. The van der Waals surface area contributed by atoms with Crippen molar-refractivity contribution in [2.24, 2.45) is 0 Å². The molecule has 1 aromatic carbocycles. The highest BCUT2D eigenvalue weighted by molar-refractivity contribution is 9.10. The van der Waals surface area contributed by atoms with E-state index < -0.39 is 25.1 Å². The maximum Gasteiger partial charge on any atom is 0.235 e. The van der Waals surface area contributed by atoms with Crippen molar-refractivity contribution in [2.75, 3.05) is 16.2 Å². The van der Waals surface area contributed by atoms with Crippen LogP contribution in [0.3, 0.4) is 0 Å². The molecule has 5 nitrogen and oxygen atoms in total. The number of hydrogen-bond donors (Lipinski definition) is 1. The molecule has 1 aliphatic rings. The van der Waals surface area contributed by atoms with Crippen molar-refractivity contribution in [3.05, 3.63) is 27.7 Å². The van der Waals surface area contributed by atoms with Gasteiger partial charge in [0.15, 0.2) is 0 Å². The zero-order chi connectivity index (χ0) is 15.0. The van der Waals surface area contributed by atoms with E-state index in [1.807, 2.05) is 0 Å². The van der Waals surface area contributed by atoms with Gasteiger partial charge < -0.3 is 0 Å². The minimum Gasteiger partial charge on any atom is -0.282 e. The molecule has 0 amide bonds. The maximum absolute atomic E-state index is 12.2. The number of hydrogen-bond acceptors (Lipinski definition) is 4. The van der Waals surface area contributed by atoms with Crippen LogP contribution in [0, 0.1) is 0 Å². The SMILES string of the molecule is O=S1(=O)CCC(S(=O)(=O)Nc2ccc(Cl)cc2Br)CC1. The summed E-state index contributed by atoms with van der Waals surface area (Å²) >= 11 is 9.03. The third-order valence-electron chi connectivity index (χ3n) is 3.12. The lowest BCUT2D eigenvalue weighted by molar-refractivity contribution is 0.555. The van der Waals surface area contributed by atoms with Crippen LogP contribution in [0.4, 0.5) is 5.69 Å². The van der Waals surface area contributed by atoms with Crippen LogP contribution in [0.1, 0.15) is 12.8 Å². The van der Waals surface area contributed by atoms with Crippen molar-refractivity contribution < 1.29 is 16.8 Å². The molecule has 0 saturated carbocycles. The molecule has 0 radical (unpaired) electrons. The summed E-state index contributed by atoms with van der Waals surface area (Å²) in [5.41, 5.74) is 0.392. The average molecular weight is 403 g/mol. The molecule has 0 spiro atoms. The van der Waals surface area contributed by atoms with Gasteiger partial charge in [0.25, 0.3) is 0 Å². The molecule has 9 heteroatoms. The normalized spacial score (nSPS) is 19.7. The van der Waals surface area contributed by atoms with Gasteiger partial charge in [-0.1, -0.05) is 11.6 Å². The third kappa shape index (κ3) is 3.87. The van der Waals surface area contributed by atoms with E-state index in [0.29, 0.717) is 15.2 Å². The largest absolute Gasteiger partial charge is 0.282 e. The molecule has 1 heterocycles. The quantitative estimate of drug-likeness (QED) is 0.842. The topological polar surface area (TPSA) is 80.3 Å². The number of halogens is 2. The molecule has 20 heavy (non-hydrogen) atoms. The summed E-state index contributed by atoms with van der Waals surface area (Å²) in [6, 6.07) is 4.73. The van der Waals surface area contributed by atoms with Gasteiger partial charge in [0.2, 0.25) is 10.0 Å². The monoisotopic (exact) mass is 401 g/mol. The number of nitrogens with one attached hydrogen (secondary N) is 1. The van der Waals surface area contributed by atoms with Gasteiger partial charge in [0, 0.05) is 9.50 Å². The van der Waals surface area contributed by atoms with E-state index in [1.54, 1.807) is 18.2 Å². The van der Waals surface area contributed by atoms with Crippen LogP contribution in [-0.4, -0.2) is 33.6 Å². The standard InChI is InChI=1S/C11H13BrClNO4S2/c12-10-7-8(13)1-2-11(10)14-20(17,18)9-3-5-19(15,16)6-4-9/h1-2,7,9,14H,3-6H2. The van der Waals surface area contributed by atoms with E-state index in [-0.39, 0.29) is 24.3 Å². The second kappa shape index (κ2) is 5.82. The zero-order valence-electron chi connectivity index (χ0n) is 10.3. The highest BCUT2D eigenvalue weighted by Gasteiger charge is 2.33. The number of rotatable bonds is 3. The minimum absolute atomic E-state index is 0.0830. The molecule has 1 fully saturated rings. The van der Waals surface area contributed by atoms with E-state index in [9.17, 15) is 16.8 Å². The molecule has 1 saturated heterocycles. The Bertz CT molecular complexity index is 704. The molecular formula is C11H13BrClNO4S2. The van der Waals surface area contributed by atoms with E-state index in [2.05, 4.69) is 20.7 Å². The van der Waals surface area contributed by atoms with Crippen LogP contribution >= 0.6 is 27.5 Å². The molecule has 0 bridgehead atoms. The van der Waals surface area contributed by atoms with Gasteiger partial charge in [-0.15, -0.1) is 0 Å². The molecule has 0 aliphatic carbocycles. The Morgan fingerprint density at radius 1 is 1.25 bits per heavy atom. The highest BCUT2D eigenvalue weighted by atomic mass is 79.9. The third-order valence-corrected chi connectivity index (χ3v) is 7.58. The number of benzene rings is 1. The summed E-state index contributed by atoms with van der Waals surface area (Å²) in [7, 11) is -6.69. The Morgan fingerprint density at radius 2 is 1.85 bits per heavy atom. The number of sulfonamides is 1. The summed E-state index contributed by atoms with van der Waals surface area (Å²) in [5, 5.41) is -0.197. The Balaban J connectivity index is 2.16. The van der Waals surface area contributed by atoms with Gasteiger partial charge in [-0.05, 0) is 47.0 Å². The Labute approximate surface area is 131 Å². The lowest BCUT2D eigenvalue weighted by Gasteiger charge is -2.23. The van der Waals surface area contributed by atoms with Gasteiger partial charge in [0.05, 0.1) is 22.4 Å². The molecule has 0 atom stereocenters. The van der Waals surface area contributed by atoms with Crippen LogP contribution in [-0.2, 0) is 19.9 Å². The molecule has 0 unspecified atom stereocenters. The summed E-state index contributed by atoms with van der Waals surface area (Å²) in [6.07, 6.45) is 0.256. The van der Waals surface area contributed by atoms with Crippen molar-refractivity contribution >= 4 is 53.1 Å². The van der Waals surface area contributed by atoms with Crippen molar-refractivity contribution in [2.45, 2.75) is 18.1 Å². The van der Waals surface area contributed by atoms with Gasteiger partial charge in [-0.25, -0.2) is 16.8 Å². The van der Waals surface area contributed by atoms with Crippen LogP contribution in [0.5, 0.6) is 0 Å². The first-order chi connectivity index (χ1) is 9.20. The maximum atomic E-state index is 12.2. The number of anilines is 1. The zero-order valence-corrected chi connectivity index (χ0v) is 14.3. The number of sulfone groups is 1. The van der Waals surface area contributed by atoms with Crippen LogP contribution in [0.25, 0.3) is 0 Å².